The maximum Gasteiger partial charge on any atom is 0.260 e. The smallest absolute Gasteiger partial charge is 0.260 e. The zero-order valence-electron chi connectivity index (χ0n) is 13.0. The first-order valence-corrected chi connectivity index (χ1v) is 7.68. The van der Waals surface area contributed by atoms with E-state index in [1.807, 2.05) is 0 Å². The Morgan fingerprint density at radius 2 is 1.88 bits per heavy atom. The largest absolute Gasteiger partial charge is 0.488 e. The van der Waals surface area contributed by atoms with Crippen molar-refractivity contribution in [1.29, 1.82) is 0 Å². The lowest BCUT2D eigenvalue weighted by Gasteiger charge is -2.17. The molecule has 1 atom stereocenters. The Hall–Kier alpha value is -2.63. The van der Waals surface area contributed by atoms with Gasteiger partial charge in [-0.3, -0.25) is 4.79 Å². The predicted octanol–water partition coefficient (Wildman–Crippen LogP) is 3.02. The van der Waals surface area contributed by atoms with Crippen LogP contribution in [-0.2, 0) is 4.79 Å². The molecule has 2 aromatic rings. The standard InChI is InChI=1S/C18H17F2NO3/c19-13-4-6-15(7-5-13)23-12-18(22)21-9-8-17(11-21)24-16-3-1-2-14(20)10-16/h1-7,10,17H,8-9,11-12H2. The molecule has 2 aromatic carbocycles. The Morgan fingerprint density at radius 1 is 1.08 bits per heavy atom. The molecular formula is C18H17F2NO3. The van der Waals surface area contributed by atoms with Crippen LogP contribution in [0.15, 0.2) is 48.5 Å². The minimum Gasteiger partial charge on any atom is -0.488 e. The number of ether oxygens (including phenoxy) is 2. The highest BCUT2D eigenvalue weighted by Crippen LogP contribution is 2.19. The Balaban J connectivity index is 1.48. The van der Waals surface area contributed by atoms with E-state index in [9.17, 15) is 13.6 Å². The van der Waals surface area contributed by atoms with Crippen molar-refractivity contribution in [2.75, 3.05) is 19.7 Å². The van der Waals surface area contributed by atoms with Gasteiger partial charge in [-0.15, -0.1) is 0 Å². The fraction of sp³-hybridized carbons (Fsp3) is 0.278. The van der Waals surface area contributed by atoms with E-state index < -0.39 is 0 Å². The average Bonchev–Trinajstić information content (AvgIpc) is 3.03. The molecule has 24 heavy (non-hydrogen) atoms. The van der Waals surface area contributed by atoms with Crippen LogP contribution in [0.3, 0.4) is 0 Å². The van der Waals surface area contributed by atoms with Gasteiger partial charge in [0.2, 0.25) is 0 Å². The van der Waals surface area contributed by atoms with Crippen LogP contribution in [-0.4, -0.2) is 36.6 Å². The van der Waals surface area contributed by atoms with Crippen LogP contribution < -0.4 is 9.47 Å². The topological polar surface area (TPSA) is 38.8 Å². The van der Waals surface area contributed by atoms with Gasteiger partial charge in [-0.2, -0.15) is 0 Å². The Labute approximate surface area is 138 Å². The first-order valence-electron chi connectivity index (χ1n) is 7.68. The molecule has 126 valence electrons. The number of hydrogen-bond donors (Lipinski definition) is 0. The van der Waals surface area contributed by atoms with Gasteiger partial charge in [-0.25, -0.2) is 8.78 Å². The molecule has 0 radical (unpaired) electrons. The van der Waals surface area contributed by atoms with Crippen molar-refractivity contribution in [2.24, 2.45) is 0 Å². The van der Waals surface area contributed by atoms with Crippen molar-refractivity contribution >= 4 is 5.91 Å². The Bertz CT molecular complexity index is 706. The lowest BCUT2D eigenvalue weighted by Crippen LogP contribution is -2.34. The van der Waals surface area contributed by atoms with E-state index in [4.69, 9.17) is 9.47 Å². The summed E-state index contributed by atoms with van der Waals surface area (Å²) >= 11 is 0. The predicted molar refractivity (Wildman–Crippen MR) is 83.9 cm³/mol. The molecule has 1 unspecified atom stereocenters. The number of rotatable bonds is 5. The summed E-state index contributed by atoms with van der Waals surface area (Å²) < 4.78 is 37.0. The normalized spacial score (nSPS) is 16.9. The first kappa shape index (κ1) is 16.2. The van der Waals surface area contributed by atoms with Gasteiger partial charge in [0.05, 0.1) is 6.54 Å². The molecule has 0 aromatic heterocycles. The van der Waals surface area contributed by atoms with Gasteiger partial charge in [-0.05, 0) is 36.4 Å². The van der Waals surface area contributed by atoms with E-state index in [-0.39, 0.29) is 30.3 Å². The summed E-state index contributed by atoms with van der Waals surface area (Å²) in [4.78, 5) is 13.8. The van der Waals surface area contributed by atoms with Crippen LogP contribution in [0.2, 0.25) is 0 Å². The fourth-order valence-corrected chi connectivity index (χ4v) is 2.55. The lowest BCUT2D eigenvalue weighted by molar-refractivity contribution is -0.132. The van der Waals surface area contributed by atoms with Crippen molar-refractivity contribution in [3.05, 3.63) is 60.2 Å². The summed E-state index contributed by atoms with van der Waals surface area (Å²) in [6.45, 7) is 0.881. The molecule has 0 aliphatic carbocycles. The van der Waals surface area contributed by atoms with Gasteiger partial charge in [0.15, 0.2) is 6.61 Å². The molecule has 1 aliphatic rings. The first-order chi connectivity index (χ1) is 11.6. The number of likely N-dealkylation sites (tertiary alicyclic amines) is 1. The molecule has 1 fully saturated rings. The summed E-state index contributed by atoms with van der Waals surface area (Å²) in [5.41, 5.74) is 0. The third-order valence-electron chi connectivity index (χ3n) is 3.77. The third kappa shape index (κ3) is 4.22. The molecular weight excluding hydrogens is 316 g/mol. The van der Waals surface area contributed by atoms with E-state index in [0.717, 1.165) is 0 Å². The third-order valence-corrected chi connectivity index (χ3v) is 3.77. The number of halogens is 2. The van der Waals surface area contributed by atoms with Gasteiger partial charge < -0.3 is 14.4 Å². The molecule has 6 heteroatoms. The van der Waals surface area contributed by atoms with Crippen LogP contribution in [0.5, 0.6) is 11.5 Å². The minimum absolute atomic E-state index is 0.113. The number of hydrogen-bond acceptors (Lipinski definition) is 3. The van der Waals surface area contributed by atoms with E-state index in [0.29, 0.717) is 31.0 Å². The molecule has 4 nitrogen and oxygen atoms in total. The van der Waals surface area contributed by atoms with Crippen LogP contribution >= 0.6 is 0 Å². The van der Waals surface area contributed by atoms with Crippen LogP contribution in [0.1, 0.15) is 6.42 Å². The molecule has 0 bridgehead atoms. The molecule has 0 spiro atoms. The fourth-order valence-electron chi connectivity index (χ4n) is 2.55. The number of carbonyl (C=O) groups excluding carboxylic acids is 1. The van der Waals surface area contributed by atoms with Crippen LogP contribution in [0.4, 0.5) is 8.78 Å². The SMILES string of the molecule is O=C(COc1ccc(F)cc1)N1CCC(Oc2cccc(F)c2)C1. The molecule has 1 saturated heterocycles. The monoisotopic (exact) mass is 333 g/mol. The van der Waals surface area contributed by atoms with Gasteiger partial charge in [0.1, 0.15) is 29.2 Å². The van der Waals surface area contributed by atoms with Crippen molar-refractivity contribution < 1.29 is 23.0 Å². The minimum atomic E-state index is -0.356. The highest BCUT2D eigenvalue weighted by molar-refractivity contribution is 5.78. The van der Waals surface area contributed by atoms with E-state index >= 15 is 0 Å². The van der Waals surface area contributed by atoms with E-state index in [1.165, 1.54) is 36.4 Å². The van der Waals surface area contributed by atoms with Gasteiger partial charge in [0, 0.05) is 19.0 Å². The second kappa shape index (κ2) is 7.29. The quantitative estimate of drug-likeness (QED) is 0.844. The number of carbonyl (C=O) groups is 1. The van der Waals surface area contributed by atoms with Crippen LogP contribution in [0, 0.1) is 11.6 Å². The lowest BCUT2D eigenvalue weighted by atomic mass is 10.3. The van der Waals surface area contributed by atoms with E-state index in [1.54, 1.807) is 17.0 Å². The van der Waals surface area contributed by atoms with Gasteiger partial charge >= 0.3 is 0 Å². The summed E-state index contributed by atoms with van der Waals surface area (Å²) in [6, 6.07) is 11.4. The molecule has 1 aliphatic heterocycles. The van der Waals surface area contributed by atoms with E-state index in [2.05, 4.69) is 0 Å². The zero-order valence-corrected chi connectivity index (χ0v) is 13.0. The number of nitrogens with zero attached hydrogens (tertiary/aromatic N) is 1. The van der Waals surface area contributed by atoms with Crippen molar-refractivity contribution in [2.45, 2.75) is 12.5 Å². The van der Waals surface area contributed by atoms with Gasteiger partial charge in [0.25, 0.3) is 5.91 Å². The maximum atomic E-state index is 13.1. The van der Waals surface area contributed by atoms with Crippen molar-refractivity contribution in [3.8, 4) is 11.5 Å². The Kier molecular flexibility index (Phi) is 4.93. The summed E-state index contributed by atoms with van der Waals surface area (Å²) in [6.07, 6.45) is 0.514. The van der Waals surface area contributed by atoms with Gasteiger partial charge in [-0.1, -0.05) is 6.07 Å². The second-order valence-electron chi connectivity index (χ2n) is 5.57. The number of benzene rings is 2. The maximum absolute atomic E-state index is 13.1. The zero-order chi connectivity index (χ0) is 16.9. The second-order valence-corrected chi connectivity index (χ2v) is 5.57. The molecule has 1 heterocycles. The van der Waals surface area contributed by atoms with Crippen LogP contribution in [0.25, 0.3) is 0 Å². The summed E-state index contributed by atoms with van der Waals surface area (Å²) in [7, 11) is 0. The molecule has 3 rings (SSSR count). The molecule has 0 saturated carbocycles. The highest BCUT2D eigenvalue weighted by atomic mass is 19.1. The summed E-state index contributed by atoms with van der Waals surface area (Å²) in [5.74, 6) is 0.0229. The Morgan fingerprint density at radius 3 is 2.62 bits per heavy atom. The summed E-state index contributed by atoms with van der Waals surface area (Å²) in [5, 5.41) is 0. The highest BCUT2D eigenvalue weighted by Gasteiger charge is 2.27. The van der Waals surface area contributed by atoms with Crippen molar-refractivity contribution in [1.82, 2.24) is 4.90 Å². The number of amides is 1. The molecule has 1 amide bonds. The average molecular weight is 333 g/mol. The molecule has 0 N–H and O–H groups in total. The van der Waals surface area contributed by atoms with Crippen molar-refractivity contribution in [3.63, 3.8) is 0 Å².